The lowest BCUT2D eigenvalue weighted by molar-refractivity contribution is 0.328. The van der Waals surface area contributed by atoms with Crippen molar-refractivity contribution in [2.24, 2.45) is 4.99 Å². The van der Waals surface area contributed by atoms with Crippen LogP contribution in [0, 0.1) is 0 Å². The molecule has 1 aromatic carbocycles. The molecular formula is C19H25NO. The lowest BCUT2D eigenvalue weighted by Crippen LogP contribution is -2.02. The average molecular weight is 283 g/mol. The molecule has 0 aliphatic rings. The molecule has 0 heterocycles. The summed E-state index contributed by atoms with van der Waals surface area (Å²) >= 11 is 0. The van der Waals surface area contributed by atoms with Crippen LogP contribution in [0.25, 0.3) is 5.57 Å². The Hall–Kier alpha value is -2.09. The summed E-state index contributed by atoms with van der Waals surface area (Å²) in [6.07, 6.45) is 3.88. The van der Waals surface area contributed by atoms with Gasteiger partial charge in [0, 0.05) is 5.70 Å². The fraction of sp³-hybridized carbons (Fsp3) is 0.316. The van der Waals surface area contributed by atoms with Crippen molar-refractivity contribution in [3.8, 4) is 0 Å². The van der Waals surface area contributed by atoms with Gasteiger partial charge in [-0.25, -0.2) is 0 Å². The number of allylic oxidation sites excluding steroid dienone is 6. The maximum atomic E-state index is 5.77. The van der Waals surface area contributed by atoms with E-state index in [0.717, 1.165) is 22.9 Å². The van der Waals surface area contributed by atoms with Crippen LogP contribution in [0.15, 0.2) is 64.7 Å². The quantitative estimate of drug-likeness (QED) is 0.498. The van der Waals surface area contributed by atoms with E-state index in [1.165, 1.54) is 11.1 Å². The van der Waals surface area contributed by atoms with E-state index < -0.39 is 0 Å². The third-order valence-electron chi connectivity index (χ3n) is 3.38. The molecule has 0 spiro atoms. The first kappa shape index (κ1) is 17.0. The summed E-state index contributed by atoms with van der Waals surface area (Å²) in [7, 11) is 0. The normalized spacial score (nSPS) is 14.9. The highest BCUT2D eigenvalue weighted by atomic mass is 16.5. The minimum atomic E-state index is 0.797. The van der Waals surface area contributed by atoms with Crippen LogP contribution in [0.2, 0.25) is 0 Å². The third kappa shape index (κ3) is 5.07. The van der Waals surface area contributed by atoms with Crippen molar-refractivity contribution < 1.29 is 4.74 Å². The van der Waals surface area contributed by atoms with Crippen molar-refractivity contribution in [3.05, 3.63) is 65.3 Å². The maximum Gasteiger partial charge on any atom is 0.143 e. The summed E-state index contributed by atoms with van der Waals surface area (Å²) in [5.41, 5.74) is 4.25. The number of nitrogens with zero attached hydrogens (tertiary/aromatic N) is 1. The van der Waals surface area contributed by atoms with Gasteiger partial charge in [-0.3, -0.25) is 4.99 Å². The van der Waals surface area contributed by atoms with E-state index in [2.05, 4.69) is 24.0 Å². The van der Waals surface area contributed by atoms with Crippen LogP contribution in [-0.4, -0.2) is 5.71 Å². The predicted molar refractivity (Wildman–Crippen MR) is 92.1 cm³/mol. The average Bonchev–Trinajstić information content (AvgIpc) is 2.52. The molecule has 2 nitrogen and oxygen atoms in total. The van der Waals surface area contributed by atoms with Gasteiger partial charge in [-0.1, -0.05) is 30.3 Å². The zero-order valence-corrected chi connectivity index (χ0v) is 13.9. The van der Waals surface area contributed by atoms with Crippen molar-refractivity contribution in [2.45, 2.75) is 41.5 Å². The highest BCUT2D eigenvalue weighted by Gasteiger charge is 2.05. The van der Waals surface area contributed by atoms with Crippen molar-refractivity contribution >= 4 is 11.3 Å². The molecule has 0 bridgehead atoms. The third-order valence-corrected chi connectivity index (χ3v) is 3.38. The van der Waals surface area contributed by atoms with E-state index in [1.54, 1.807) is 0 Å². The van der Waals surface area contributed by atoms with Gasteiger partial charge in [-0.15, -0.1) is 0 Å². The van der Waals surface area contributed by atoms with Crippen molar-refractivity contribution in [2.75, 3.05) is 0 Å². The molecule has 0 fully saturated rings. The number of benzene rings is 1. The van der Waals surface area contributed by atoms with Gasteiger partial charge < -0.3 is 4.74 Å². The Labute approximate surface area is 128 Å². The number of hydrogen-bond donors (Lipinski definition) is 0. The summed E-state index contributed by atoms with van der Waals surface area (Å²) in [6.45, 7) is 11.9. The molecule has 0 radical (unpaired) electrons. The van der Waals surface area contributed by atoms with Gasteiger partial charge in [0.2, 0.25) is 0 Å². The Bertz CT molecular complexity index is 589. The Balaban J connectivity index is 3.05. The van der Waals surface area contributed by atoms with Crippen LogP contribution in [0.5, 0.6) is 0 Å². The second-order valence-electron chi connectivity index (χ2n) is 4.93. The van der Waals surface area contributed by atoms with Crippen molar-refractivity contribution in [1.82, 2.24) is 0 Å². The van der Waals surface area contributed by atoms with Gasteiger partial charge >= 0.3 is 0 Å². The Morgan fingerprint density at radius 1 is 0.952 bits per heavy atom. The first-order valence-electron chi connectivity index (χ1n) is 7.25. The van der Waals surface area contributed by atoms with Gasteiger partial charge in [0.25, 0.3) is 0 Å². The summed E-state index contributed by atoms with van der Waals surface area (Å²) < 4.78 is 5.77. The van der Waals surface area contributed by atoms with Crippen molar-refractivity contribution in [3.63, 3.8) is 0 Å². The number of rotatable bonds is 5. The molecule has 0 aliphatic heterocycles. The molecule has 0 saturated heterocycles. The molecule has 2 heteroatoms. The Morgan fingerprint density at radius 3 is 2.10 bits per heavy atom. The van der Waals surface area contributed by atoms with E-state index in [9.17, 15) is 0 Å². The minimum absolute atomic E-state index is 0.797. The van der Waals surface area contributed by atoms with Gasteiger partial charge in [-0.2, -0.15) is 0 Å². The number of hydrogen-bond acceptors (Lipinski definition) is 2. The molecule has 0 aliphatic carbocycles. The molecule has 1 rings (SSSR count). The SMILES string of the molecule is C/C=C(/C)OC(=C\C)/C(C)=N/C(C)=C(\C)c1ccccc1. The van der Waals surface area contributed by atoms with Crippen LogP contribution >= 0.6 is 0 Å². The zero-order valence-electron chi connectivity index (χ0n) is 13.9. The van der Waals surface area contributed by atoms with E-state index in [0.29, 0.717) is 0 Å². The van der Waals surface area contributed by atoms with Crippen LogP contribution in [0.1, 0.15) is 47.1 Å². The van der Waals surface area contributed by atoms with E-state index in [1.807, 2.05) is 65.0 Å². The smallest absolute Gasteiger partial charge is 0.143 e. The molecule has 0 atom stereocenters. The van der Waals surface area contributed by atoms with Crippen LogP contribution in [0.4, 0.5) is 0 Å². The van der Waals surface area contributed by atoms with E-state index in [-0.39, 0.29) is 0 Å². The highest BCUT2D eigenvalue weighted by molar-refractivity contribution is 5.97. The first-order chi connectivity index (χ1) is 9.99. The van der Waals surface area contributed by atoms with Gasteiger partial charge in [0.1, 0.15) is 5.76 Å². The largest absolute Gasteiger partial charge is 0.461 e. The Kier molecular flexibility index (Phi) is 6.67. The lowest BCUT2D eigenvalue weighted by Gasteiger charge is -2.11. The standard InChI is InChI=1S/C19H25NO/c1-7-14(3)21-19(8-2)17(6)20-16(5)15(4)18-12-10-9-11-13-18/h7-13H,1-6H3/b14-7-,16-15+,19-8-,20-17+. The van der Waals surface area contributed by atoms with Gasteiger partial charge in [0.05, 0.1) is 11.5 Å². The molecule has 0 unspecified atom stereocenters. The van der Waals surface area contributed by atoms with E-state index in [4.69, 9.17) is 4.74 Å². The molecule has 0 amide bonds. The Morgan fingerprint density at radius 2 is 1.57 bits per heavy atom. The second kappa shape index (κ2) is 8.25. The van der Waals surface area contributed by atoms with Gasteiger partial charge in [0.15, 0.2) is 0 Å². The van der Waals surface area contributed by atoms with Crippen molar-refractivity contribution in [1.29, 1.82) is 0 Å². The lowest BCUT2D eigenvalue weighted by atomic mass is 10.1. The van der Waals surface area contributed by atoms with Crippen LogP contribution < -0.4 is 0 Å². The van der Waals surface area contributed by atoms with Gasteiger partial charge in [-0.05, 0) is 64.8 Å². The minimum Gasteiger partial charge on any atom is -0.461 e. The summed E-state index contributed by atoms with van der Waals surface area (Å²) in [6, 6.07) is 10.3. The summed E-state index contributed by atoms with van der Waals surface area (Å²) in [5.74, 6) is 1.67. The van der Waals surface area contributed by atoms with E-state index >= 15 is 0 Å². The molecule has 21 heavy (non-hydrogen) atoms. The van der Waals surface area contributed by atoms with Crippen LogP contribution in [-0.2, 0) is 4.74 Å². The molecule has 112 valence electrons. The first-order valence-corrected chi connectivity index (χ1v) is 7.25. The van der Waals surface area contributed by atoms with Crippen LogP contribution in [0.3, 0.4) is 0 Å². The molecule has 0 N–H and O–H groups in total. The maximum absolute atomic E-state index is 5.77. The number of aliphatic imine (C=N–C) groups is 1. The number of ether oxygens (including phenoxy) is 1. The molecule has 0 aromatic heterocycles. The molecule has 0 saturated carbocycles. The second-order valence-corrected chi connectivity index (χ2v) is 4.93. The summed E-state index contributed by atoms with van der Waals surface area (Å²) in [4.78, 5) is 4.69. The fourth-order valence-corrected chi connectivity index (χ4v) is 1.86. The monoisotopic (exact) mass is 283 g/mol. The molecule has 1 aromatic rings. The fourth-order valence-electron chi connectivity index (χ4n) is 1.86. The summed E-state index contributed by atoms with van der Waals surface area (Å²) in [5, 5.41) is 0. The zero-order chi connectivity index (χ0) is 15.8. The predicted octanol–water partition coefficient (Wildman–Crippen LogP) is 5.74. The highest BCUT2D eigenvalue weighted by Crippen LogP contribution is 2.19. The topological polar surface area (TPSA) is 21.6 Å². The molecular weight excluding hydrogens is 258 g/mol.